The van der Waals surface area contributed by atoms with Crippen LogP contribution in [0, 0.1) is 11.3 Å². The normalized spacial score (nSPS) is 24.0. The Morgan fingerprint density at radius 3 is 2.68 bits per heavy atom. The smallest absolute Gasteiger partial charge is 0.209 e. The predicted octanol–water partition coefficient (Wildman–Crippen LogP) is 1.79. The summed E-state index contributed by atoms with van der Waals surface area (Å²) in [5, 5.41) is 6.04. The highest BCUT2D eigenvalue weighted by atomic mass is 32.2. The van der Waals surface area contributed by atoms with Crippen molar-refractivity contribution in [3.8, 4) is 11.1 Å². The monoisotopic (exact) mass is 482 g/mol. The lowest BCUT2D eigenvalue weighted by Gasteiger charge is -2.56. The van der Waals surface area contributed by atoms with Crippen LogP contribution in [0.15, 0.2) is 36.8 Å². The van der Waals surface area contributed by atoms with Crippen LogP contribution in [0.4, 0.5) is 5.82 Å². The molecule has 2 aromatic heterocycles. The van der Waals surface area contributed by atoms with E-state index in [2.05, 4.69) is 25.6 Å². The van der Waals surface area contributed by atoms with Crippen molar-refractivity contribution in [2.45, 2.75) is 25.3 Å². The zero-order chi connectivity index (χ0) is 23.5. The lowest BCUT2D eigenvalue weighted by molar-refractivity contribution is -0.192. The third kappa shape index (κ3) is 3.98. The van der Waals surface area contributed by atoms with Gasteiger partial charge in [0, 0.05) is 42.9 Å². The maximum atomic E-state index is 11.4. The zero-order valence-electron chi connectivity index (χ0n) is 19.1. The minimum absolute atomic E-state index is 0.0852. The highest BCUT2D eigenvalue weighted by molar-refractivity contribution is 7.89. The van der Waals surface area contributed by atoms with Gasteiger partial charge < -0.3 is 19.9 Å². The summed E-state index contributed by atoms with van der Waals surface area (Å²) in [6, 6.07) is 8.26. The average molecular weight is 483 g/mol. The van der Waals surface area contributed by atoms with E-state index in [9.17, 15) is 8.42 Å². The van der Waals surface area contributed by atoms with E-state index in [-0.39, 0.29) is 5.75 Å². The van der Waals surface area contributed by atoms with Gasteiger partial charge in [0.25, 0.3) is 0 Å². The van der Waals surface area contributed by atoms with Crippen molar-refractivity contribution in [2.24, 2.45) is 16.5 Å². The Hall–Kier alpha value is -2.53. The summed E-state index contributed by atoms with van der Waals surface area (Å²) in [4.78, 5) is 11.4. The number of rotatable bonds is 7. The third-order valence-corrected chi connectivity index (χ3v) is 8.38. The summed E-state index contributed by atoms with van der Waals surface area (Å²) in [7, 11) is -3.51. The van der Waals surface area contributed by atoms with Crippen molar-refractivity contribution in [3.63, 3.8) is 0 Å². The summed E-state index contributed by atoms with van der Waals surface area (Å²) in [6.45, 7) is 5.37. The van der Waals surface area contributed by atoms with Crippen LogP contribution in [-0.2, 0) is 21.2 Å². The van der Waals surface area contributed by atoms with Gasteiger partial charge in [-0.2, -0.15) is 0 Å². The number of ether oxygens (including phenoxy) is 1. The molecule has 3 aliphatic rings. The topological polar surface area (TPSA) is 129 Å². The summed E-state index contributed by atoms with van der Waals surface area (Å²) in [5.74, 6) is 1.07. The van der Waals surface area contributed by atoms with E-state index in [4.69, 9.17) is 15.6 Å². The summed E-state index contributed by atoms with van der Waals surface area (Å²) < 4.78 is 30.4. The maximum Gasteiger partial charge on any atom is 0.209 e. The molecule has 0 unspecified atom stereocenters. The molecule has 1 spiro atoms. The van der Waals surface area contributed by atoms with Crippen molar-refractivity contribution in [2.75, 3.05) is 44.3 Å². The summed E-state index contributed by atoms with van der Waals surface area (Å²) in [5.41, 5.74) is 10.5. The number of sulfonamides is 1. The number of benzene rings is 1. The average Bonchev–Trinajstić information content (AvgIpc) is 3.09. The molecule has 6 rings (SSSR count). The Morgan fingerprint density at radius 2 is 1.97 bits per heavy atom. The van der Waals surface area contributed by atoms with Gasteiger partial charge in [0.15, 0.2) is 0 Å². The second-order valence-electron chi connectivity index (χ2n) is 10.4. The van der Waals surface area contributed by atoms with Crippen LogP contribution in [-0.4, -0.2) is 66.5 Å². The van der Waals surface area contributed by atoms with Crippen LogP contribution in [0.3, 0.4) is 0 Å². The fourth-order valence-corrected chi connectivity index (χ4v) is 6.33. The molecule has 1 saturated carbocycles. The molecule has 2 aliphatic heterocycles. The number of nitrogens with zero attached hydrogens (tertiary/aromatic N) is 4. The van der Waals surface area contributed by atoms with Gasteiger partial charge in [0.05, 0.1) is 24.4 Å². The van der Waals surface area contributed by atoms with Gasteiger partial charge in [-0.25, -0.2) is 23.5 Å². The fraction of sp³-hybridized carbons (Fsp3) is 0.500. The van der Waals surface area contributed by atoms with Crippen molar-refractivity contribution in [3.05, 3.63) is 42.4 Å². The van der Waals surface area contributed by atoms with Gasteiger partial charge >= 0.3 is 0 Å². The van der Waals surface area contributed by atoms with Gasteiger partial charge in [-0.05, 0) is 36.3 Å². The molecule has 0 atom stereocenters. The second-order valence-corrected chi connectivity index (χ2v) is 12.1. The first-order valence-corrected chi connectivity index (χ1v) is 13.5. The number of anilines is 1. The molecule has 2 saturated heterocycles. The summed E-state index contributed by atoms with van der Waals surface area (Å²) in [6.07, 6.45) is 6.28. The van der Waals surface area contributed by atoms with Crippen LogP contribution in [0.1, 0.15) is 24.4 Å². The first-order valence-electron chi connectivity index (χ1n) is 11.8. The molecule has 0 bridgehead atoms. The van der Waals surface area contributed by atoms with Gasteiger partial charge in [0.2, 0.25) is 10.0 Å². The van der Waals surface area contributed by atoms with Crippen molar-refractivity contribution in [1.82, 2.24) is 19.4 Å². The Labute approximate surface area is 199 Å². The Kier molecular flexibility index (Phi) is 5.18. The highest BCUT2D eigenvalue weighted by Crippen LogP contribution is 2.45. The number of fused-ring (bicyclic) bond motifs is 1. The number of aromatic nitrogens is 3. The molecule has 3 fully saturated rings. The SMILES string of the molecule is Nc1ncnc2c1c(-c1cccc(CCS(N)(=O)=O)c1)cn2C1CC(CN2CC3(COC3)C2)C1. The minimum Gasteiger partial charge on any atom is -0.383 e. The van der Waals surface area contributed by atoms with E-state index < -0.39 is 10.0 Å². The van der Waals surface area contributed by atoms with E-state index in [1.807, 2.05) is 24.3 Å². The zero-order valence-corrected chi connectivity index (χ0v) is 19.9. The molecule has 34 heavy (non-hydrogen) atoms. The Bertz CT molecular complexity index is 1340. The number of primary sulfonamides is 1. The number of hydrogen-bond acceptors (Lipinski definition) is 7. The first kappa shape index (κ1) is 22.0. The number of nitrogen functional groups attached to an aromatic ring is 1. The number of nitrogens with two attached hydrogens (primary N) is 2. The molecule has 0 amide bonds. The van der Waals surface area contributed by atoms with E-state index in [0.29, 0.717) is 29.6 Å². The minimum atomic E-state index is -3.51. The highest BCUT2D eigenvalue weighted by Gasteiger charge is 2.49. The molecule has 4 N–H and O–H groups in total. The second kappa shape index (κ2) is 8.01. The van der Waals surface area contributed by atoms with Crippen LogP contribution >= 0.6 is 0 Å². The van der Waals surface area contributed by atoms with E-state index in [0.717, 1.165) is 60.3 Å². The molecular formula is C24H30N6O3S. The van der Waals surface area contributed by atoms with Crippen LogP contribution in [0.25, 0.3) is 22.2 Å². The van der Waals surface area contributed by atoms with Crippen LogP contribution in [0.5, 0.6) is 0 Å². The third-order valence-electron chi connectivity index (χ3n) is 7.61. The molecule has 4 heterocycles. The van der Waals surface area contributed by atoms with Crippen LogP contribution < -0.4 is 10.9 Å². The van der Waals surface area contributed by atoms with E-state index >= 15 is 0 Å². The largest absolute Gasteiger partial charge is 0.383 e. The Balaban J connectivity index is 1.22. The molecular weight excluding hydrogens is 452 g/mol. The Morgan fingerprint density at radius 1 is 1.18 bits per heavy atom. The quantitative estimate of drug-likeness (QED) is 0.525. The molecule has 3 aromatic rings. The first-order chi connectivity index (χ1) is 16.3. The van der Waals surface area contributed by atoms with Gasteiger partial charge in [0.1, 0.15) is 17.8 Å². The standard InChI is InChI=1S/C24H30N6O3S/c25-22-21-20(18-3-1-2-16(6-18)4-5-34(26,31)32)10-30(23(21)28-15-27-22)19-7-17(8-19)9-29-11-24(12-29)13-33-14-24/h1-3,6,10,15,17,19H,4-5,7-9,11-14H2,(H2,25,27,28)(H2,26,31,32). The summed E-state index contributed by atoms with van der Waals surface area (Å²) >= 11 is 0. The molecule has 10 heteroatoms. The number of likely N-dealkylation sites (tertiary alicyclic amines) is 1. The van der Waals surface area contributed by atoms with Gasteiger partial charge in [-0.3, -0.25) is 0 Å². The molecule has 0 radical (unpaired) electrons. The molecule has 9 nitrogen and oxygen atoms in total. The van der Waals surface area contributed by atoms with Gasteiger partial charge in [-0.15, -0.1) is 0 Å². The lowest BCUT2D eigenvalue weighted by atomic mass is 9.74. The predicted molar refractivity (Wildman–Crippen MR) is 131 cm³/mol. The van der Waals surface area contributed by atoms with Crippen molar-refractivity contribution < 1.29 is 13.2 Å². The van der Waals surface area contributed by atoms with Gasteiger partial charge in [-0.1, -0.05) is 24.3 Å². The van der Waals surface area contributed by atoms with E-state index in [1.165, 1.54) is 19.4 Å². The maximum absolute atomic E-state index is 11.4. The lowest BCUT2D eigenvalue weighted by Crippen LogP contribution is -2.66. The number of aryl methyl sites for hydroxylation is 1. The van der Waals surface area contributed by atoms with Crippen LogP contribution in [0.2, 0.25) is 0 Å². The van der Waals surface area contributed by atoms with Crippen molar-refractivity contribution >= 4 is 26.9 Å². The molecule has 1 aromatic carbocycles. The fourth-order valence-electron chi connectivity index (χ4n) is 5.81. The molecule has 180 valence electrons. The van der Waals surface area contributed by atoms with E-state index in [1.54, 1.807) is 0 Å². The van der Waals surface area contributed by atoms with Crippen molar-refractivity contribution in [1.29, 1.82) is 0 Å². The molecule has 1 aliphatic carbocycles. The number of hydrogen-bond donors (Lipinski definition) is 2.